The number of Topliss-reactive ketones (excluding diaryl/α,β-unsaturated/α-hetero) is 1. The van der Waals surface area contributed by atoms with Gasteiger partial charge in [-0.3, -0.25) is 19.5 Å². The van der Waals surface area contributed by atoms with Gasteiger partial charge in [-0.25, -0.2) is 0 Å². The molecule has 5 nitrogen and oxygen atoms in total. The van der Waals surface area contributed by atoms with Gasteiger partial charge in [0, 0.05) is 17.4 Å². The molecule has 0 bridgehead atoms. The monoisotopic (exact) mass is 412 g/mol. The van der Waals surface area contributed by atoms with Gasteiger partial charge in [0.1, 0.15) is 11.8 Å². The largest absolute Gasteiger partial charge is 0.507 e. The molecule has 1 saturated heterocycles. The fourth-order valence-corrected chi connectivity index (χ4v) is 4.03. The summed E-state index contributed by atoms with van der Waals surface area (Å²) in [5.41, 5.74) is 5.43. The molecule has 1 atom stereocenters. The topological polar surface area (TPSA) is 70.5 Å². The summed E-state index contributed by atoms with van der Waals surface area (Å²) in [6.07, 6.45) is 1.62. The van der Waals surface area contributed by atoms with Gasteiger partial charge in [-0.05, 0) is 68.7 Å². The molecule has 31 heavy (non-hydrogen) atoms. The maximum absolute atomic E-state index is 13.3. The van der Waals surface area contributed by atoms with Crippen molar-refractivity contribution in [2.24, 2.45) is 0 Å². The van der Waals surface area contributed by atoms with Gasteiger partial charge in [-0.2, -0.15) is 0 Å². The zero-order valence-corrected chi connectivity index (χ0v) is 18.0. The number of aliphatic hydroxyl groups is 1. The van der Waals surface area contributed by atoms with Crippen LogP contribution in [0.5, 0.6) is 0 Å². The molecule has 0 spiro atoms. The molecule has 1 fully saturated rings. The molecule has 3 aromatic rings. The second kappa shape index (κ2) is 7.84. The zero-order chi connectivity index (χ0) is 22.3. The highest BCUT2D eigenvalue weighted by Gasteiger charge is 2.48. The average molecular weight is 412 g/mol. The maximum Gasteiger partial charge on any atom is 0.300 e. The number of benzene rings is 2. The Morgan fingerprint density at radius 3 is 2.42 bits per heavy atom. The molecule has 4 rings (SSSR count). The third kappa shape index (κ3) is 3.42. The van der Waals surface area contributed by atoms with Crippen LogP contribution in [0.1, 0.15) is 39.6 Å². The van der Waals surface area contributed by atoms with E-state index in [9.17, 15) is 14.7 Å². The maximum atomic E-state index is 13.3. The minimum Gasteiger partial charge on any atom is -0.507 e. The molecule has 2 aromatic carbocycles. The van der Waals surface area contributed by atoms with Crippen LogP contribution < -0.4 is 4.90 Å². The van der Waals surface area contributed by atoms with Crippen molar-refractivity contribution in [3.63, 3.8) is 0 Å². The Bertz CT molecular complexity index is 1230. The number of hydrogen-bond acceptors (Lipinski definition) is 4. The van der Waals surface area contributed by atoms with E-state index in [0.29, 0.717) is 16.9 Å². The lowest BCUT2D eigenvalue weighted by atomic mass is 9.95. The predicted molar refractivity (Wildman–Crippen MR) is 121 cm³/mol. The number of anilines is 1. The minimum absolute atomic E-state index is 0.0540. The van der Waals surface area contributed by atoms with Crippen LogP contribution in [0, 0.1) is 27.7 Å². The van der Waals surface area contributed by atoms with Crippen molar-refractivity contribution >= 4 is 23.1 Å². The zero-order valence-electron chi connectivity index (χ0n) is 18.0. The lowest BCUT2D eigenvalue weighted by Gasteiger charge is -2.26. The second-order valence-corrected chi connectivity index (χ2v) is 7.96. The highest BCUT2D eigenvalue weighted by atomic mass is 16.3. The number of aromatic nitrogens is 1. The number of hydrogen-bond donors (Lipinski definition) is 1. The van der Waals surface area contributed by atoms with Crippen molar-refractivity contribution in [3.05, 3.63) is 99.9 Å². The lowest BCUT2D eigenvalue weighted by molar-refractivity contribution is -0.132. The predicted octanol–water partition coefficient (Wildman–Crippen LogP) is 4.94. The number of carbonyl (C=O) groups is 2. The van der Waals surface area contributed by atoms with Gasteiger partial charge in [0.05, 0.1) is 11.3 Å². The quantitative estimate of drug-likeness (QED) is 0.376. The number of rotatable bonds is 3. The summed E-state index contributed by atoms with van der Waals surface area (Å²) in [5.74, 6) is -1.56. The fraction of sp³-hybridized carbons (Fsp3) is 0.192. The van der Waals surface area contributed by atoms with Crippen molar-refractivity contribution in [1.29, 1.82) is 0 Å². The van der Waals surface area contributed by atoms with Crippen LogP contribution in [0.25, 0.3) is 5.76 Å². The van der Waals surface area contributed by atoms with Crippen molar-refractivity contribution in [1.82, 2.24) is 4.98 Å². The first-order chi connectivity index (χ1) is 14.8. The summed E-state index contributed by atoms with van der Waals surface area (Å²) in [7, 11) is 0. The van der Waals surface area contributed by atoms with Crippen LogP contribution in [0.2, 0.25) is 0 Å². The Morgan fingerprint density at radius 1 is 0.935 bits per heavy atom. The minimum atomic E-state index is -0.818. The molecular formula is C26H24N2O3. The summed E-state index contributed by atoms with van der Waals surface area (Å²) < 4.78 is 0. The fourth-order valence-electron chi connectivity index (χ4n) is 4.03. The molecule has 2 heterocycles. The Morgan fingerprint density at radius 2 is 1.71 bits per heavy atom. The van der Waals surface area contributed by atoms with Crippen molar-refractivity contribution in [3.8, 4) is 0 Å². The molecule has 0 aliphatic carbocycles. The second-order valence-electron chi connectivity index (χ2n) is 7.96. The Hall–Kier alpha value is -3.73. The molecule has 1 aliphatic rings. The van der Waals surface area contributed by atoms with E-state index >= 15 is 0 Å². The Kier molecular flexibility index (Phi) is 5.19. The Labute approximate surface area is 181 Å². The number of ketones is 1. The molecule has 1 aliphatic heterocycles. The molecule has 1 aromatic heterocycles. The first kappa shape index (κ1) is 20.5. The first-order valence-electron chi connectivity index (χ1n) is 10.2. The third-order valence-electron chi connectivity index (χ3n) is 5.90. The summed E-state index contributed by atoms with van der Waals surface area (Å²) in [5, 5.41) is 11.3. The number of carbonyl (C=O) groups excluding carboxylic acids is 2. The van der Waals surface area contributed by atoms with E-state index in [1.54, 1.807) is 18.3 Å². The van der Waals surface area contributed by atoms with Crippen LogP contribution in [0.4, 0.5) is 5.69 Å². The summed E-state index contributed by atoms with van der Waals surface area (Å²) in [6.45, 7) is 7.66. The summed E-state index contributed by atoms with van der Waals surface area (Å²) in [4.78, 5) is 32.4. The molecule has 0 saturated carbocycles. The van der Waals surface area contributed by atoms with Crippen molar-refractivity contribution in [2.75, 3.05) is 4.90 Å². The van der Waals surface area contributed by atoms with Gasteiger partial charge in [0.25, 0.3) is 11.7 Å². The number of amides is 1. The van der Waals surface area contributed by atoms with E-state index in [1.165, 1.54) is 4.90 Å². The van der Waals surface area contributed by atoms with E-state index in [1.807, 2.05) is 70.2 Å². The first-order valence-corrected chi connectivity index (χ1v) is 10.2. The average Bonchev–Trinajstić information content (AvgIpc) is 3.03. The lowest BCUT2D eigenvalue weighted by Crippen LogP contribution is -2.30. The number of aryl methyl sites for hydroxylation is 3. The van der Waals surface area contributed by atoms with Crippen LogP contribution >= 0.6 is 0 Å². The van der Waals surface area contributed by atoms with Crippen molar-refractivity contribution in [2.45, 2.75) is 33.7 Å². The van der Waals surface area contributed by atoms with Gasteiger partial charge in [0.15, 0.2) is 0 Å². The SMILES string of the molecule is Cc1ccc(C)c(/C(O)=C2\C(=O)C(=O)N(c3cccc(C)c3C)C2c2ccccn2)c1. The summed E-state index contributed by atoms with van der Waals surface area (Å²) in [6, 6.07) is 15.8. The standard InChI is InChI=1S/C26H24N2O3/c1-15-11-12-17(3)19(14-15)24(29)22-23(20-9-5-6-13-27-20)28(26(31)25(22)30)21-10-7-8-16(2)18(21)4/h5-14,23,29H,1-4H3/b24-22+. The summed E-state index contributed by atoms with van der Waals surface area (Å²) >= 11 is 0. The van der Waals surface area contributed by atoms with Crippen LogP contribution in [-0.2, 0) is 9.59 Å². The number of pyridine rings is 1. The highest BCUT2D eigenvalue weighted by molar-refractivity contribution is 6.51. The van der Waals surface area contributed by atoms with Gasteiger partial charge in [0.2, 0.25) is 0 Å². The molecule has 1 unspecified atom stereocenters. The molecule has 5 heteroatoms. The van der Waals surface area contributed by atoms with Gasteiger partial charge in [-0.15, -0.1) is 0 Å². The van der Waals surface area contributed by atoms with Crippen LogP contribution in [0.15, 0.2) is 66.4 Å². The number of nitrogens with zero attached hydrogens (tertiary/aromatic N) is 2. The normalized spacial score (nSPS) is 17.9. The van der Waals surface area contributed by atoms with Crippen LogP contribution in [-0.4, -0.2) is 21.8 Å². The van der Waals surface area contributed by atoms with Crippen molar-refractivity contribution < 1.29 is 14.7 Å². The molecule has 1 amide bonds. The van der Waals surface area contributed by atoms with E-state index in [4.69, 9.17) is 0 Å². The van der Waals surface area contributed by atoms with Crippen LogP contribution in [0.3, 0.4) is 0 Å². The van der Waals surface area contributed by atoms with E-state index < -0.39 is 17.7 Å². The highest BCUT2D eigenvalue weighted by Crippen LogP contribution is 2.43. The van der Waals surface area contributed by atoms with Gasteiger partial charge < -0.3 is 5.11 Å². The Balaban J connectivity index is 2.01. The molecule has 1 N–H and O–H groups in total. The van der Waals surface area contributed by atoms with E-state index in [2.05, 4.69) is 4.98 Å². The molecular weight excluding hydrogens is 388 g/mol. The van der Waals surface area contributed by atoms with E-state index in [0.717, 1.165) is 22.3 Å². The third-order valence-corrected chi connectivity index (χ3v) is 5.90. The number of aliphatic hydroxyl groups excluding tert-OH is 1. The smallest absolute Gasteiger partial charge is 0.300 e. The molecule has 0 radical (unpaired) electrons. The van der Waals surface area contributed by atoms with Gasteiger partial charge in [-0.1, -0.05) is 35.9 Å². The van der Waals surface area contributed by atoms with E-state index in [-0.39, 0.29) is 11.3 Å². The van der Waals surface area contributed by atoms with Gasteiger partial charge >= 0.3 is 0 Å². The molecule has 156 valence electrons.